The topological polar surface area (TPSA) is 74.6 Å². The predicted octanol–water partition coefficient (Wildman–Crippen LogP) is 2.28. The smallest absolute Gasteiger partial charge is 0.335 e. The molecule has 0 saturated heterocycles. The summed E-state index contributed by atoms with van der Waals surface area (Å²) >= 11 is 0. The maximum Gasteiger partial charge on any atom is 0.335 e. The number of benzene rings is 1. The summed E-state index contributed by atoms with van der Waals surface area (Å²) in [7, 11) is 0. The molecular formula is C12H14O4. The number of aromatic carboxylic acids is 2. The lowest BCUT2D eigenvalue weighted by Gasteiger charge is -2.11. The largest absolute Gasteiger partial charge is 0.478 e. The second-order valence-electron chi connectivity index (χ2n) is 4.04. The highest BCUT2D eigenvalue weighted by Gasteiger charge is 2.18. The summed E-state index contributed by atoms with van der Waals surface area (Å²) in [6.07, 6.45) is 0.449. The molecule has 0 aliphatic rings. The maximum absolute atomic E-state index is 11.0. The third kappa shape index (κ3) is 2.59. The van der Waals surface area contributed by atoms with Crippen molar-refractivity contribution in [3.63, 3.8) is 0 Å². The van der Waals surface area contributed by atoms with Crippen LogP contribution < -0.4 is 0 Å². The van der Waals surface area contributed by atoms with Crippen LogP contribution in [0.2, 0.25) is 0 Å². The van der Waals surface area contributed by atoms with Crippen molar-refractivity contribution in [1.29, 1.82) is 0 Å². The zero-order chi connectivity index (χ0) is 12.3. The molecule has 0 atom stereocenters. The molecule has 16 heavy (non-hydrogen) atoms. The van der Waals surface area contributed by atoms with Crippen LogP contribution in [0.1, 0.15) is 40.1 Å². The number of carboxylic acids is 2. The number of carbonyl (C=O) groups is 2. The number of rotatable bonds is 4. The van der Waals surface area contributed by atoms with E-state index in [0.717, 1.165) is 0 Å². The molecule has 0 unspecified atom stereocenters. The minimum absolute atomic E-state index is 0.0774. The van der Waals surface area contributed by atoms with Crippen molar-refractivity contribution in [2.24, 2.45) is 5.92 Å². The molecule has 0 amide bonds. The Morgan fingerprint density at radius 1 is 1.12 bits per heavy atom. The van der Waals surface area contributed by atoms with Crippen LogP contribution in [0.4, 0.5) is 0 Å². The van der Waals surface area contributed by atoms with Crippen molar-refractivity contribution in [2.45, 2.75) is 20.3 Å². The first-order valence-electron chi connectivity index (χ1n) is 5.02. The van der Waals surface area contributed by atoms with Crippen LogP contribution in [0.15, 0.2) is 18.2 Å². The summed E-state index contributed by atoms with van der Waals surface area (Å²) in [6.45, 7) is 3.84. The molecule has 1 rings (SSSR count). The van der Waals surface area contributed by atoms with Crippen LogP contribution in [-0.2, 0) is 6.42 Å². The first kappa shape index (κ1) is 12.2. The van der Waals surface area contributed by atoms with Gasteiger partial charge in [0.1, 0.15) is 0 Å². The van der Waals surface area contributed by atoms with Gasteiger partial charge in [-0.15, -0.1) is 0 Å². The Morgan fingerprint density at radius 2 is 1.56 bits per heavy atom. The lowest BCUT2D eigenvalue weighted by Crippen LogP contribution is -2.11. The van der Waals surface area contributed by atoms with Crippen LogP contribution >= 0.6 is 0 Å². The lowest BCUT2D eigenvalue weighted by molar-refractivity contribution is 0.0695. The van der Waals surface area contributed by atoms with Gasteiger partial charge in [-0.3, -0.25) is 0 Å². The van der Waals surface area contributed by atoms with Gasteiger partial charge in [0.2, 0.25) is 0 Å². The van der Waals surface area contributed by atoms with E-state index in [-0.39, 0.29) is 17.0 Å². The molecule has 1 aromatic rings. The van der Waals surface area contributed by atoms with Gasteiger partial charge in [0.15, 0.2) is 0 Å². The van der Waals surface area contributed by atoms with Gasteiger partial charge in [-0.1, -0.05) is 19.9 Å². The van der Waals surface area contributed by atoms with Gasteiger partial charge in [0, 0.05) is 0 Å². The van der Waals surface area contributed by atoms with E-state index >= 15 is 0 Å². The highest BCUT2D eigenvalue weighted by atomic mass is 16.4. The summed E-state index contributed by atoms with van der Waals surface area (Å²) in [4.78, 5) is 22.0. The molecule has 0 aliphatic carbocycles. The van der Waals surface area contributed by atoms with Crippen molar-refractivity contribution < 1.29 is 19.8 Å². The Morgan fingerprint density at radius 3 is 1.88 bits per heavy atom. The molecule has 86 valence electrons. The SMILES string of the molecule is CC(C)Cc1c(C(=O)O)cccc1C(=O)O. The van der Waals surface area contributed by atoms with E-state index in [1.165, 1.54) is 18.2 Å². The Bertz CT molecular complexity index is 389. The van der Waals surface area contributed by atoms with E-state index in [4.69, 9.17) is 10.2 Å². The molecule has 1 aromatic carbocycles. The molecule has 2 N–H and O–H groups in total. The van der Waals surface area contributed by atoms with Gasteiger partial charge >= 0.3 is 11.9 Å². The third-order valence-corrected chi connectivity index (χ3v) is 2.25. The fourth-order valence-corrected chi connectivity index (χ4v) is 1.62. The lowest BCUT2D eigenvalue weighted by atomic mass is 9.93. The second-order valence-corrected chi connectivity index (χ2v) is 4.04. The minimum atomic E-state index is -1.08. The van der Waals surface area contributed by atoms with E-state index in [1.807, 2.05) is 13.8 Å². The average molecular weight is 222 g/mol. The zero-order valence-corrected chi connectivity index (χ0v) is 9.23. The number of hydrogen-bond acceptors (Lipinski definition) is 2. The Balaban J connectivity index is 3.34. The van der Waals surface area contributed by atoms with E-state index in [0.29, 0.717) is 12.0 Å². The molecule has 0 saturated carbocycles. The number of hydrogen-bond donors (Lipinski definition) is 2. The monoisotopic (exact) mass is 222 g/mol. The molecule has 0 radical (unpaired) electrons. The first-order valence-corrected chi connectivity index (χ1v) is 5.02. The highest BCUT2D eigenvalue weighted by molar-refractivity contribution is 5.96. The third-order valence-electron chi connectivity index (χ3n) is 2.25. The quantitative estimate of drug-likeness (QED) is 0.819. The fourth-order valence-electron chi connectivity index (χ4n) is 1.62. The molecular weight excluding hydrogens is 208 g/mol. The average Bonchev–Trinajstić information content (AvgIpc) is 2.16. The highest BCUT2D eigenvalue weighted by Crippen LogP contribution is 2.19. The predicted molar refractivity (Wildman–Crippen MR) is 58.9 cm³/mol. The summed E-state index contributed by atoms with van der Waals surface area (Å²) in [5.74, 6) is -1.96. The normalized spacial score (nSPS) is 10.4. The van der Waals surface area contributed by atoms with Crippen molar-refractivity contribution in [3.05, 3.63) is 34.9 Å². The first-order chi connectivity index (χ1) is 7.43. The van der Waals surface area contributed by atoms with Crippen molar-refractivity contribution in [1.82, 2.24) is 0 Å². The summed E-state index contributed by atoms with van der Waals surface area (Å²) in [5, 5.41) is 18.0. The van der Waals surface area contributed by atoms with Crippen LogP contribution in [0, 0.1) is 5.92 Å². The van der Waals surface area contributed by atoms with Gasteiger partial charge < -0.3 is 10.2 Å². The van der Waals surface area contributed by atoms with Crippen LogP contribution in [0.25, 0.3) is 0 Å². The van der Waals surface area contributed by atoms with E-state index in [1.54, 1.807) is 0 Å². The Kier molecular flexibility index (Phi) is 3.66. The molecule has 0 bridgehead atoms. The Labute approximate surface area is 93.5 Å². The molecule has 0 aliphatic heterocycles. The number of carboxylic acid groups (broad SMARTS) is 2. The summed E-state index contributed by atoms with van der Waals surface area (Å²) < 4.78 is 0. The molecule has 0 heterocycles. The van der Waals surface area contributed by atoms with Crippen LogP contribution in [-0.4, -0.2) is 22.2 Å². The van der Waals surface area contributed by atoms with Crippen LogP contribution in [0.3, 0.4) is 0 Å². The zero-order valence-electron chi connectivity index (χ0n) is 9.23. The molecule has 0 aromatic heterocycles. The molecule has 4 nitrogen and oxygen atoms in total. The second kappa shape index (κ2) is 4.79. The van der Waals surface area contributed by atoms with E-state index < -0.39 is 11.9 Å². The fraction of sp³-hybridized carbons (Fsp3) is 0.333. The van der Waals surface area contributed by atoms with Gasteiger partial charge in [0.05, 0.1) is 11.1 Å². The summed E-state index contributed by atoms with van der Waals surface area (Å²) in [6, 6.07) is 4.33. The summed E-state index contributed by atoms with van der Waals surface area (Å²) in [5.41, 5.74) is 0.555. The van der Waals surface area contributed by atoms with E-state index in [9.17, 15) is 9.59 Å². The van der Waals surface area contributed by atoms with Gasteiger partial charge in [-0.05, 0) is 30.0 Å². The molecule has 0 fully saturated rings. The standard InChI is InChI=1S/C12H14O4/c1-7(2)6-10-8(11(13)14)4-3-5-9(10)12(15)16/h3-5,7H,6H2,1-2H3,(H,13,14)(H,15,16). The Hall–Kier alpha value is -1.84. The van der Waals surface area contributed by atoms with Gasteiger partial charge in [0.25, 0.3) is 0 Å². The van der Waals surface area contributed by atoms with Gasteiger partial charge in [-0.25, -0.2) is 9.59 Å². The van der Waals surface area contributed by atoms with Crippen LogP contribution in [0.5, 0.6) is 0 Å². The van der Waals surface area contributed by atoms with Gasteiger partial charge in [-0.2, -0.15) is 0 Å². The molecule has 4 heteroatoms. The maximum atomic E-state index is 11.0. The van der Waals surface area contributed by atoms with Crippen molar-refractivity contribution >= 4 is 11.9 Å². The minimum Gasteiger partial charge on any atom is -0.478 e. The van der Waals surface area contributed by atoms with E-state index in [2.05, 4.69) is 0 Å². The van der Waals surface area contributed by atoms with Crippen molar-refractivity contribution in [2.75, 3.05) is 0 Å². The molecule has 0 spiro atoms. The van der Waals surface area contributed by atoms with Crippen molar-refractivity contribution in [3.8, 4) is 0 Å².